The summed E-state index contributed by atoms with van der Waals surface area (Å²) in [6, 6.07) is 56.4. The normalized spacial score (nSPS) is 11.7. The predicted octanol–water partition coefficient (Wildman–Crippen LogP) is 13.7. The van der Waals surface area contributed by atoms with Gasteiger partial charge in [-0.1, -0.05) is 121 Å². The van der Waals surface area contributed by atoms with Crippen molar-refractivity contribution in [2.75, 3.05) is 4.90 Å². The second-order valence-corrected chi connectivity index (χ2v) is 13.7. The minimum absolute atomic E-state index is 1.18. The molecule has 0 saturated heterocycles. The molecule has 0 spiro atoms. The van der Waals surface area contributed by atoms with Gasteiger partial charge >= 0.3 is 0 Å². The van der Waals surface area contributed by atoms with E-state index in [9.17, 15) is 0 Å². The Bertz CT molecular complexity index is 2390. The fourth-order valence-electron chi connectivity index (χ4n) is 8.38. The van der Waals surface area contributed by atoms with Gasteiger partial charge in [-0.15, -0.1) is 0 Å². The lowest BCUT2D eigenvalue weighted by molar-refractivity contribution is 1.24. The van der Waals surface area contributed by atoms with Crippen molar-refractivity contribution >= 4 is 38.6 Å². The van der Waals surface area contributed by atoms with E-state index >= 15 is 0 Å². The van der Waals surface area contributed by atoms with Crippen LogP contribution < -0.4 is 4.90 Å². The summed E-state index contributed by atoms with van der Waals surface area (Å²) >= 11 is 0. The molecule has 8 aromatic rings. The summed E-state index contributed by atoms with van der Waals surface area (Å²) in [5.41, 5.74) is 18.9. The highest BCUT2D eigenvalue weighted by atomic mass is 15.1. The molecular formula is C48H37N. The van der Waals surface area contributed by atoms with Crippen molar-refractivity contribution in [3.8, 4) is 44.5 Å². The van der Waals surface area contributed by atoms with Crippen LogP contribution in [-0.2, 0) is 0 Å². The van der Waals surface area contributed by atoms with E-state index in [0.717, 1.165) is 0 Å². The first kappa shape index (κ1) is 29.2. The zero-order chi connectivity index (χ0) is 33.2. The smallest absolute Gasteiger partial charge is 0.0540 e. The Morgan fingerprint density at radius 2 is 0.776 bits per heavy atom. The molecule has 0 fully saturated rings. The Labute approximate surface area is 288 Å². The number of anilines is 3. The summed E-state index contributed by atoms with van der Waals surface area (Å²) in [5.74, 6) is 0. The largest absolute Gasteiger partial charge is 0.310 e. The van der Waals surface area contributed by atoms with E-state index in [0.29, 0.717) is 0 Å². The van der Waals surface area contributed by atoms with Crippen LogP contribution in [0.3, 0.4) is 0 Å². The van der Waals surface area contributed by atoms with Gasteiger partial charge in [0.1, 0.15) is 0 Å². The van der Waals surface area contributed by atoms with Crippen LogP contribution in [0.1, 0.15) is 22.3 Å². The first-order chi connectivity index (χ1) is 24.0. The fourth-order valence-corrected chi connectivity index (χ4v) is 8.38. The van der Waals surface area contributed by atoms with Crippen LogP contribution in [-0.4, -0.2) is 0 Å². The third kappa shape index (κ3) is 4.69. The lowest BCUT2D eigenvalue weighted by Crippen LogP contribution is -2.11. The summed E-state index contributed by atoms with van der Waals surface area (Å²) in [6.07, 6.45) is 0. The topological polar surface area (TPSA) is 3.24 Å². The summed E-state index contributed by atoms with van der Waals surface area (Å²) < 4.78 is 0. The molecule has 8 aromatic carbocycles. The van der Waals surface area contributed by atoms with Crippen molar-refractivity contribution in [3.63, 3.8) is 0 Å². The van der Waals surface area contributed by atoms with Crippen molar-refractivity contribution in [1.29, 1.82) is 0 Å². The van der Waals surface area contributed by atoms with Gasteiger partial charge in [-0.25, -0.2) is 0 Å². The van der Waals surface area contributed by atoms with Crippen LogP contribution in [0.15, 0.2) is 152 Å². The third-order valence-electron chi connectivity index (χ3n) is 10.1. The quantitative estimate of drug-likeness (QED) is 0.183. The molecule has 0 radical (unpaired) electrons. The Morgan fingerprint density at radius 3 is 1.27 bits per heavy atom. The van der Waals surface area contributed by atoms with E-state index in [4.69, 9.17) is 0 Å². The third-order valence-corrected chi connectivity index (χ3v) is 10.1. The number of rotatable bonds is 5. The van der Waals surface area contributed by atoms with Crippen LogP contribution in [0.25, 0.3) is 66.1 Å². The van der Waals surface area contributed by atoms with E-state index in [1.54, 1.807) is 0 Å². The van der Waals surface area contributed by atoms with Crippen LogP contribution in [0.2, 0.25) is 0 Å². The Morgan fingerprint density at radius 1 is 0.347 bits per heavy atom. The molecule has 0 heterocycles. The second-order valence-electron chi connectivity index (χ2n) is 13.7. The number of benzene rings is 8. The second kappa shape index (κ2) is 11.4. The minimum Gasteiger partial charge on any atom is -0.310 e. The molecule has 0 aromatic heterocycles. The lowest BCUT2D eigenvalue weighted by atomic mass is 9.82. The average molecular weight is 628 g/mol. The molecule has 1 aliphatic carbocycles. The van der Waals surface area contributed by atoms with Crippen molar-refractivity contribution in [2.45, 2.75) is 27.7 Å². The van der Waals surface area contributed by atoms with Crippen molar-refractivity contribution < 1.29 is 0 Å². The molecule has 234 valence electrons. The molecule has 0 N–H and O–H groups in total. The lowest BCUT2D eigenvalue weighted by Gasteiger charge is -2.28. The maximum atomic E-state index is 2.47. The number of hydrogen-bond donors (Lipinski definition) is 0. The van der Waals surface area contributed by atoms with E-state index in [1.165, 1.54) is 105 Å². The van der Waals surface area contributed by atoms with Gasteiger partial charge in [0, 0.05) is 16.8 Å². The van der Waals surface area contributed by atoms with Gasteiger partial charge in [-0.3, -0.25) is 0 Å². The predicted molar refractivity (Wildman–Crippen MR) is 210 cm³/mol. The monoisotopic (exact) mass is 627 g/mol. The van der Waals surface area contributed by atoms with Crippen LogP contribution in [0, 0.1) is 27.7 Å². The van der Waals surface area contributed by atoms with E-state index in [-0.39, 0.29) is 0 Å². The molecule has 1 heteroatoms. The van der Waals surface area contributed by atoms with Crippen LogP contribution >= 0.6 is 0 Å². The van der Waals surface area contributed by atoms with Gasteiger partial charge in [0.15, 0.2) is 0 Å². The molecule has 9 rings (SSSR count). The zero-order valence-corrected chi connectivity index (χ0v) is 28.4. The van der Waals surface area contributed by atoms with Gasteiger partial charge in [0.25, 0.3) is 0 Å². The molecule has 0 saturated carbocycles. The molecule has 49 heavy (non-hydrogen) atoms. The fraction of sp³-hybridized carbons (Fsp3) is 0.0833. The summed E-state index contributed by atoms with van der Waals surface area (Å²) in [7, 11) is 0. The summed E-state index contributed by atoms with van der Waals surface area (Å²) in [6.45, 7) is 8.78. The Kier molecular flexibility index (Phi) is 6.78. The maximum absolute atomic E-state index is 2.47. The molecule has 0 atom stereocenters. The van der Waals surface area contributed by atoms with E-state index in [1.807, 2.05) is 0 Å². The SMILES string of the molecule is Cc1cc(C)cc(N(c2cc(C)cc(C)c2)c2ccc3c4c(cccc24)-c2c-3c(-c3ccccc3)c3ccccc3c2-c2ccccc2)c1. The Balaban J connectivity index is 1.42. The molecular weight excluding hydrogens is 591 g/mol. The van der Waals surface area contributed by atoms with Gasteiger partial charge in [0.2, 0.25) is 0 Å². The molecule has 0 aliphatic heterocycles. The number of nitrogens with zero attached hydrogens (tertiary/aromatic N) is 1. The Hall–Kier alpha value is -5.92. The van der Waals surface area contributed by atoms with Gasteiger partial charge in [-0.05, 0) is 141 Å². The molecule has 1 aliphatic rings. The average Bonchev–Trinajstić information content (AvgIpc) is 3.43. The van der Waals surface area contributed by atoms with Gasteiger partial charge in [0.05, 0.1) is 5.69 Å². The van der Waals surface area contributed by atoms with E-state index < -0.39 is 0 Å². The first-order valence-electron chi connectivity index (χ1n) is 17.2. The zero-order valence-electron chi connectivity index (χ0n) is 28.4. The molecule has 0 unspecified atom stereocenters. The highest BCUT2D eigenvalue weighted by molar-refractivity contribution is 6.29. The van der Waals surface area contributed by atoms with Crippen molar-refractivity contribution in [1.82, 2.24) is 0 Å². The standard InChI is InChI=1S/C48H37N/c1-30-24-31(2)27-36(26-30)49(37-28-32(3)25-33(4)29-37)43-23-22-42-46-40(43)20-13-21-41(46)47-44(34-14-7-5-8-15-34)38-18-11-12-19-39(38)45(48(42)47)35-16-9-6-10-17-35/h5-29H,1-4H3. The number of hydrogen-bond acceptors (Lipinski definition) is 1. The highest BCUT2D eigenvalue weighted by Crippen LogP contribution is 2.59. The van der Waals surface area contributed by atoms with Crippen LogP contribution in [0.4, 0.5) is 17.1 Å². The van der Waals surface area contributed by atoms with Crippen molar-refractivity contribution in [3.05, 3.63) is 174 Å². The summed E-state index contributed by atoms with van der Waals surface area (Å²) in [4.78, 5) is 2.47. The maximum Gasteiger partial charge on any atom is 0.0540 e. The highest BCUT2D eigenvalue weighted by Gasteiger charge is 2.32. The van der Waals surface area contributed by atoms with Crippen molar-refractivity contribution in [2.24, 2.45) is 0 Å². The van der Waals surface area contributed by atoms with Gasteiger partial charge in [-0.2, -0.15) is 0 Å². The van der Waals surface area contributed by atoms with Crippen LogP contribution in [0.5, 0.6) is 0 Å². The minimum atomic E-state index is 1.18. The first-order valence-corrected chi connectivity index (χ1v) is 17.2. The number of fused-ring (bicyclic) bond motifs is 4. The van der Waals surface area contributed by atoms with E-state index in [2.05, 4.69) is 184 Å². The molecule has 0 bridgehead atoms. The van der Waals surface area contributed by atoms with Gasteiger partial charge < -0.3 is 4.90 Å². The number of aryl methyl sites for hydroxylation is 4. The molecule has 1 nitrogen and oxygen atoms in total. The molecule has 0 amide bonds. The summed E-state index contributed by atoms with van der Waals surface area (Å²) in [5, 5.41) is 5.14.